The number of halogens is 1. The van der Waals surface area contributed by atoms with Gasteiger partial charge in [0, 0.05) is 11.6 Å². The van der Waals surface area contributed by atoms with Crippen molar-refractivity contribution in [2.75, 3.05) is 6.61 Å². The van der Waals surface area contributed by atoms with Gasteiger partial charge in [0.1, 0.15) is 12.4 Å². The maximum atomic E-state index is 10.5. The molecule has 0 radical (unpaired) electrons. The maximum Gasteiger partial charge on any atom is 0.272 e. The van der Waals surface area contributed by atoms with Crippen LogP contribution in [-0.2, 0) is 0 Å². The van der Waals surface area contributed by atoms with Crippen LogP contribution < -0.4 is 4.74 Å². The molecule has 1 atom stereocenters. The largest absolute Gasteiger partial charge is 0.491 e. The Balaban J connectivity index is 2.75. The summed E-state index contributed by atoms with van der Waals surface area (Å²) in [6.45, 7) is 1.67. The Morgan fingerprint density at radius 3 is 2.88 bits per heavy atom. The Labute approximate surface area is 97.4 Å². The van der Waals surface area contributed by atoms with E-state index in [0.717, 1.165) is 0 Å². The van der Waals surface area contributed by atoms with Gasteiger partial charge in [0.15, 0.2) is 5.38 Å². The lowest BCUT2D eigenvalue weighted by Gasteiger charge is -2.06. The average molecular weight is 241 g/mol. The molecule has 0 aliphatic rings. The summed E-state index contributed by atoms with van der Waals surface area (Å²) in [4.78, 5) is 10.1. The van der Waals surface area contributed by atoms with Crippen molar-refractivity contribution in [1.82, 2.24) is 0 Å². The summed E-state index contributed by atoms with van der Waals surface area (Å²) in [6, 6.07) is 6.19. The van der Waals surface area contributed by atoms with Gasteiger partial charge in [-0.3, -0.25) is 10.1 Å². The minimum absolute atomic E-state index is 0.0371. The molecule has 5 nitrogen and oxygen atoms in total. The molecule has 1 rings (SSSR count). The molecule has 1 unspecified atom stereocenters. The highest BCUT2D eigenvalue weighted by Crippen LogP contribution is 2.23. The number of hydrogen-bond donors (Lipinski definition) is 0. The van der Waals surface area contributed by atoms with Gasteiger partial charge in [0.05, 0.1) is 11.0 Å². The van der Waals surface area contributed by atoms with Crippen molar-refractivity contribution in [3.8, 4) is 11.8 Å². The zero-order valence-corrected chi connectivity index (χ0v) is 9.27. The fourth-order valence-electron chi connectivity index (χ4n) is 1.13. The topological polar surface area (TPSA) is 76.2 Å². The number of aryl methyl sites for hydroxylation is 1. The highest BCUT2D eigenvalue weighted by molar-refractivity contribution is 6.22. The van der Waals surface area contributed by atoms with Crippen molar-refractivity contribution in [2.45, 2.75) is 12.3 Å². The monoisotopic (exact) mass is 240 g/mol. The highest BCUT2D eigenvalue weighted by Gasteiger charge is 2.11. The third-order valence-corrected chi connectivity index (χ3v) is 2.12. The van der Waals surface area contributed by atoms with Crippen LogP contribution in [0.5, 0.6) is 5.75 Å². The van der Waals surface area contributed by atoms with Gasteiger partial charge < -0.3 is 4.74 Å². The zero-order chi connectivity index (χ0) is 12.1. The molecule has 0 amide bonds. The van der Waals surface area contributed by atoms with Crippen LogP contribution in [-0.4, -0.2) is 16.9 Å². The van der Waals surface area contributed by atoms with Gasteiger partial charge in [-0.05, 0) is 19.1 Å². The van der Waals surface area contributed by atoms with Gasteiger partial charge in [0.25, 0.3) is 5.69 Å². The number of nitriles is 1. The van der Waals surface area contributed by atoms with E-state index in [9.17, 15) is 10.1 Å². The Hall–Kier alpha value is -1.80. The summed E-state index contributed by atoms with van der Waals surface area (Å²) in [6.07, 6.45) is 0. The summed E-state index contributed by atoms with van der Waals surface area (Å²) in [5.41, 5.74) is 0.542. The number of alkyl halides is 1. The van der Waals surface area contributed by atoms with Crippen molar-refractivity contribution in [2.24, 2.45) is 0 Å². The van der Waals surface area contributed by atoms with Gasteiger partial charge in [-0.2, -0.15) is 5.26 Å². The predicted molar refractivity (Wildman–Crippen MR) is 58.6 cm³/mol. The number of benzene rings is 1. The van der Waals surface area contributed by atoms with E-state index in [2.05, 4.69) is 0 Å². The van der Waals surface area contributed by atoms with E-state index in [1.54, 1.807) is 13.0 Å². The highest BCUT2D eigenvalue weighted by atomic mass is 35.5. The smallest absolute Gasteiger partial charge is 0.272 e. The van der Waals surface area contributed by atoms with Gasteiger partial charge in [-0.15, -0.1) is 11.6 Å². The fraction of sp³-hybridized carbons (Fsp3) is 0.300. The molecule has 0 spiro atoms. The van der Waals surface area contributed by atoms with Crippen LogP contribution in [0.2, 0.25) is 0 Å². The van der Waals surface area contributed by atoms with E-state index >= 15 is 0 Å². The van der Waals surface area contributed by atoms with E-state index in [1.165, 1.54) is 12.1 Å². The van der Waals surface area contributed by atoms with E-state index in [0.29, 0.717) is 11.3 Å². The van der Waals surface area contributed by atoms with Crippen LogP contribution in [0.25, 0.3) is 0 Å². The van der Waals surface area contributed by atoms with Gasteiger partial charge in [0.2, 0.25) is 0 Å². The molecule has 0 aliphatic carbocycles. The van der Waals surface area contributed by atoms with Crippen molar-refractivity contribution in [3.05, 3.63) is 33.9 Å². The van der Waals surface area contributed by atoms with Crippen LogP contribution in [0.4, 0.5) is 5.69 Å². The molecule has 1 aromatic rings. The summed E-state index contributed by atoms with van der Waals surface area (Å²) in [5.74, 6) is 0.462. The Kier molecular flexibility index (Phi) is 4.09. The first kappa shape index (κ1) is 12.3. The lowest BCUT2D eigenvalue weighted by molar-refractivity contribution is -0.385. The second kappa shape index (κ2) is 5.33. The average Bonchev–Trinajstić information content (AvgIpc) is 2.25. The molecule has 0 heterocycles. The molecule has 0 N–H and O–H groups in total. The van der Waals surface area contributed by atoms with Crippen LogP contribution >= 0.6 is 11.6 Å². The van der Waals surface area contributed by atoms with E-state index in [1.807, 2.05) is 6.07 Å². The van der Waals surface area contributed by atoms with Gasteiger partial charge >= 0.3 is 0 Å². The van der Waals surface area contributed by atoms with Crippen molar-refractivity contribution < 1.29 is 9.66 Å². The fourth-order valence-corrected chi connectivity index (χ4v) is 1.19. The first-order valence-electron chi connectivity index (χ1n) is 4.46. The molecule has 1 aromatic carbocycles. The lowest BCUT2D eigenvalue weighted by atomic mass is 10.2. The van der Waals surface area contributed by atoms with Crippen molar-refractivity contribution in [1.29, 1.82) is 5.26 Å². The molecular weight excluding hydrogens is 232 g/mol. The number of nitro groups is 1. The Morgan fingerprint density at radius 1 is 1.69 bits per heavy atom. The zero-order valence-electron chi connectivity index (χ0n) is 8.51. The Bertz CT molecular complexity index is 442. The van der Waals surface area contributed by atoms with E-state index < -0.39 is 10.3 Å². The summed E-state index contributed by atoms with van der Waals surface area (Å²) in [5, 5.41) is 18.3. The van der Waals surface area contributed by atoms with Gasteiger partial charge in [-0.1, -0.05) is 0 Å². The van der Waals surface area contributed by atoms with Crippen LogP contribution in [0.1, 0.15) is 5.56 Å². The summed E-state index contributed by atoms with van der Waals surface area (Å²) < 4.78 is 5.20. The quantitative estimate of drug-likeness (QED) is 0.460. The van der Waals surface area contributed by atoms with Crippen molar-refractivity contribution >= 4 is 17.3 Å². The maximum absolute atomic E-state index is 10.5. The number of nitro benzene ring substituents is 1. The molecule has 6 heteroatoms. The standard InChI is InChI=1S/C10H9ClN2O3/c1-7-4-9(16-6-8(11)5-12)2-3-10(7)13(14)15/h2-4,8H,6H2,1H3. The lowest BCUT2D eigenvalue weighted by Crippen LogP contribution is -2.09. The third kappa shape index (κ3) is 3.11. The number of ether oxygens (including phenoxy) is 1. The number of rotatable bonds is 4. The third-order valence-electron chi connectivity index (χ3n) is 1.90. The summed E-state index contributed by atoms with van der Waals surface area (Å²) >= 11 is 5.54. The van der Waals surface area contributed by atoms with Crippen LogP contribution in [0, 0.1) is 28.4 Å². The molecule has 0 saturated heterocycles. The first-order chi connectivity index (χ1) is 7.54. The second-order valence-corrected chi connectivity index (χ2v) is 3.64. The molecule has 0 aliphatic heterocycles. The first-order valence-corrected chi connectivity index (χ1v) is 4.89. The van der Waals surface area contributed by atoms with Gasteiger partial charge in [-0.25, -0.2) is 0 Å². The molecular formula is C10H9ClN2O3. The molecule has 0 saturated carbocycles. The molecule has 16 heavy (non-hydrogen) atoms. The predicted octanol–water partition coefficient (Wildman–Crippen LogP) is 2.41. The molecule has 0 bridgehead atoms. The number of hydrogen-bond acceptors (Lipinski definition) is 4. The normalized spacial score (nSPS) is 11.6. The minimum Gasteiger partial charge on any atom is -0.491 e. The molecule has 84 valence electrons. The van der Waals surface area contributed by atoms with Crippen molar-refractivity contribution in [3.63, 3.8) is 0 Å². The van der Waals surface area contributed by atoms with Crippen LogP contribution in [0.3, 0.4) is 0 Å². The SMILES string of the molecule is Cc1cc(OCC(Cl)C#N)ccc1[N+](=O)[O-]. The number of nitrogens with zero attached hydrogens (tertiary/aromatic N) is 2. The van der Waals surface area contributed by atoms with E-state index in [-0.39, 0.29) is 12.3 Å². The Morgan fingerprint density at radius 2 is 2.38 bits per heavy atom. The second-order valence-electron chi connectivity index (χ2n) is 3.11. The molecule has 0 aromatic heterocycles. The minimum atomic E-state index is -0.726. The van der Waals surface area contributed by atoms with E-state index in [4.69, 9.17) is 21.6 Å². The van der Waals surface area contributed by atoms with Crippen LogP contribution in [0.15, 0.2) is 18.2 Å². The summed E-state index contributed by atoms with van der Waals surface area (Å²) in [7, 11) is 0. The molecule has 0 fully saturated rings.